The fraction of sp³-hybridized carbons (Fsp3) is 0.200. The van der Waals surface area contributed by atoms with Crippen LogP contribution in [0.3, 0.4) is 0 Å². The summed E-state index contributed by atoms with van der Waals surface area (Å²) in [5.41, 5.74) is 3.14. The molecule has 1 heterocycles. The molecule has 0 fully saturated rings. The van der Waals surface area contributed by atoms with E-state index in [0.29, 0.717) is 13.3 Å². The predicted molar refractivity (Wildman–Crippen MR) is 83.8 cm³/mol. The largest absolute Gasteiger partial charge is 0.454 e. The van der Waals surface area contributed by atoms with Crippen molar-refractivity contribution in [3.63, 3.8) is 0 Å². The maximum absolute atomic E-state index is 6.15. The van der Waals surface area contributed by atoms with Crippen molar-refractivity contribution in [1.29, 1.82) is 0 Å². The molecule has 2 aromatic carbocycles. The summed E-state index contributed by atoms with van der Waals surface area (Å²) in [6.07, 6.45) is 0. The first-order valence-electron chi connectivity index (χ1n) is 6.21. The summed E-state index contributed by atoms with van der Waals surface area (Å²) < 4.78 is 11.7. The molecule has 0 spiro atoms. The van der Waals surface area contributed by atoms with Crippen molar-refractivity contribution in [2.24, 2.45) is 0 Å². The third-order valence-corrected chi connectivity index (χ3v) is 4.23. The molecule has 3 nitrogen and oxygen atoms in total. The van der Waals surface area contributed by atoms with Crippen molar-refractivity contribution >= 4 is 33.2 Å². The molecule has 1 N–H and O–H groups in total. The Morgan fingerprint density at radius 3 is 2.85 bits per heavy atom. The Balaban J connectivity index is 1.75. The number of anilines is 1. The van der Waals surface area contributed by atoms with E-state index in [-0.39, 0.29) is 0 Å². The molecule has 104 valence electrons. The molecule has 0 atom stereocenters. The lowest BCUT2D eigenvalue weighted by atomic mass is 10.2. The number of fused-ring (bicyclic) bond motifs is 1. The van der Waals surface area contributed by atoms with Gasteiger partial charge in [-0.2, -0.15) is 0 Å². The monoisotopic (exact) mass is 353 g/mol. The van der Waals surface area contributed by atoms with Gasteiger partial charge in [-0.1, -0.05) is 17.7 Å². The highest BCUT2D eigenvalue weighted by Gasteiger charge is 2.13. The van der Waals surface area contributed by atoms with Gasteiger partial charge in [0.25, 0.3) is 0 Å². The molecule has 3 rings (SSSR count). The van der Waals surface area contributed by atoms with Gasteiger partial charge in [-0.25, -0.2) is 0 Å². The number of hydrogen-bond donors (Lipinski definition) is 1. The second-order valence-corrected chi connectivity index (χ2v) is 5.88. The lowest BCUT2D eigenvalue weighted by Gasteiger charge is -2.11. The van der Waals surface area contributed by atoms with E-state index < -0.39 is 0 Å². The fourth-order valence-corrected chi connectivity index (χ4v) is 2.79. The van der Waals surface area contributed by atoms with Crippen LogP contribution in [0.25, 0.3) is 0 Å². The van der Waals surface area contributed by atoms with Gasteiger partial charge in [-0.15, -0.1) is 0 Å². The van der Waals surface area contributed by atoms with Gasteiger partial charge >= 0.3 is 0 Å². The van der Waals surface area contributed by atoms with Gasteiger partial charge in [-0.3, -0.25) is 0 Å². The van der Waals surface area contributed by atoms with E-state index in [9.17, 15) is 0 Å². The Bertz CT molecular complexity index is 661. The SMILES string of the molecule is Cc1cc(Br)c(NCc2ccc3c(c2)OCO3)cc1Cl. The molecule has 0 bridgehead atoms. The molecular formula is C15H13BrClNO2. The van der Waals surface area contributed by atoms with E-state index in [1.54, 1.807) is 0 Å². The quantitative estimate of drug-likeness (QED) is 0.862. The van der Waals surface area contributed by atoms with Gasteiger partial charge in [0.15, 0.2) is 11.5 Å². The summed E-state index contributed by atoms with van der Waals surface area (Å²) in [7, 11) is 0. The highest BCUT2D eigenvalue weighted by atomic mass is 79.9. The Morgan fingerprint density at radius 2 is 2.00 bits per heavy atom. The van der Waals surface area contributed by atoms with Crippen LogP contribution in [0.4, 0.5) is 5.69 Å². The van der Waals surface area contributed by atoms with E-state index >= 15 is 0 Å². The molecule has 0 amide bonds. The van der Waals surface area contributed by atoms with Crippen LogP contribution in [0.5, 0.6) is 11.5 Å². The first-order chi connectivity index (χ1) is 9.63. The summed E-state index contributed by atoms with van der Waals surface area (Å²) in [5, 5.41) is 4.11. The van der Waals surface area contributed by atoms with Crippen LogP contribution in [-0.2, 0) is 6.54 Å². The second-order valence-electron chi connectivity index (χ2n) is 4.62. The lowest BCUT2D eigenvalue weighted by Crippen LogP contribution is -2.00. The summed E-state index contributed by atoms with van der Waals surface area (Å²) in [6.45, 7) is 2.97. The van der Waals surface area contributed by atoms with Gasteiger partial charge in [0.1, 0.15) is 0 Å². The van der Waals surface area contributed by atoms with Gasteiger partial charge in [0.05, 0.1) is 5.69 Å². The fourth-order valence-electron chi connectivity index (χ4n) is 2.03. The zero-order valence-corrected chi connectivity index (χ0v) is 13.2. The Kier molecular flexibility index (Phi) is 3.76. The van der Waals surface area contributed by atoms with Gasteiger partial charge in [-0.05, 0) is 58.2 Å². The molecule has 0 radical (unpaired) electrons. The number of benzene rings is 2. The lowest BCUT2D eigenvalue weighted by molar-refractivity contribution is 0.174. The standard InChI is InChI=1S/C15H13BrClNO2/c1-9-4-11(16)13(6-12(9)17)18-7-10-2-3-14-15(5-10)20-8-19-14/h2-6,18H,7-8H2,1H3. The van der Waals surface area contributed by atoms with Crippen LogP contribution in [0.15, 0.2) is 34.8 Å². The molecule has 5 heteroatoms. The van der Waals surface area contributed by atoms with Crippen LogP contribution < -0.4 is 14.8 Å². The number of halogens is 2. The van der Waals surface area contributed by atoms with Crippen molar-refractivity contribution in [3.05, 3.63) is 51.0 Å². The molecule has 2 aromatic rings. The smallest absolute Gasteiger partial charge is 0.231 e. The molecule has 20 heavy (non-hydrogen) atoms. The molecule has 1 aliphatic rings. The van der Waals surface area contributed by atoms with E-state index in [1.807, 2.05) is 37.3 Å². The highest BCUT2D eigenvalue weighted by Crippen LogP contribution is 2.33. The van der Waals surface area contributed by atoms with Crippen molar-refractivity contribution in [1.82, 2.24) is 0 Å². The minimum atomic E-state index is 0.297. The normalized spacial score (nSPS) is 12.6. The Morgan fingerprint density at radius 1 is 1.20 bits per heavy atom. The van der Waals surface area contributed by atoms with Crippen LogP contribution in [0.1, 0.15) is 11.1 Å². The van der Waals surface area contributed by atoms with E-state index in [4.69, 9.17) is 21.1 Å². The Hall–Kier alpha value is -1.39. The summed E-state index contributed by atoms with van der Waals surface area (Å²) >= 11 is 9.69. The van der Waals surface area contributed by atoms with Crippen LogP contribution in [-0.4, -0.2) is 6.79 Å². The molecular weight excluding hydrogens is 342 g/mol. The highest BCUT2D eigenvalue weighted by molar-refractivity contribution is 9.10. The molecule has 0 unspecified atom stereocenters. The molecule has 0 aromatic heterocycles. The molecule has 0 saturated heterocycles. The average molecular weight is 355 g/mol. The number of ether oxygens (including phenoxy) is 2. The number of rotatable bonds is 3. The van der Waals surface area contributed by atoms with Crippen molar-refractivity contribution < 1.29 is 9.47 Å². The van der Waals surface area contributed by atoms with Gasteiger partial charge < -0.3 is 14.8 Å². The molecule has 0 aliphatic carbocycles. The maximum Gasteiger partial charge on any atom is 0.231 e. The molecule has 1 aliphatic heterocycles. The zero-order valence-electron chi connectivity index (χ0n) is 10.9. The zero-order chi connectivity index (χ0) is 14.1. The average Bonchev–Trinajstić information content (AvgIpc) is 2.89. The van der Waals surface area contributed by atoms with E-state index in [1.165, 1.54) is 0 Å². The minimum absolute atomic E-state index is 0.297. The van der Waals surface area contributed by atoms with Crippen LogP contribution in [0.2, 0.25) is 5.02 Å². The van der Waals surface area contributed by atoms with Crippen molar-refractivity contribution in [2.75, 3.05) is 12.1 Å². The van der Waals surface area contributed by atoms with Gasteiger partial charge in [0, 0.05) is 16.0 Å². The first kappa shape index (κ1) is 13.6. The number of nitrogens with one attached hydrogen (secondary N) is 1. The van der Waals surface area contributed by atoms with Crippen molar-refractivity contribution in [3.8, 4) is 11.5 Å². The molecule has 0 saturated carbocycles. The minimum Gasteiger partial charge on any atom is -0.454 e. The number of hydrogen-bond acceptors (Lipinski definition) is 3. The topological polar surface area (TPSA) is 30.5 Å². The van der Waals surface area contributed by atoms with Crippen LogP contribution in [0, 0.1) is 6.92 Å². The van der Waals surface area contributed by atoms with Crippen LogP contribution >= 0.6 is 27.5 Å². The van der Waals surface area contributed by atoms with Crippen molar-refractivity contribution in [2.45, 2.75) is 13.5 Å². The summed E-state index contributed by atoms with van der Waals surface area (Å²) in [4.78, 5) is 0. The third-order valence-electron chi connectivity index (χ3n) is 3.17. The van der Waals surface area contributed by atoms with E-state index in [0.717, 1.165) is 37.8 Å². The first-order valence-corrected chi connectivity index (χ1v) is 7.38. The second kappa shape index (κ2) is 5.54. The summed E-state index contributed by atoms with van der Waals surface area (Å²) in [6, 6.07) is 9.86. The van der Waals surface area contributed by atoms with Gasteiger partial charge in [0.2, 0.25) is 6.79 Å². The maximum atomic E-state index is 6.15. The summed E-state index contributed by atoms with van der Waals surface area (Å²) in [5.74, 6) is 1.60. The Labute approximate surface area is 131 Å². The third kappa shape index (κ3) is 2.72. The number of aryl methyl sites for hydroxylation is 1. The predicted octanol–water partition coefficient (Wildman–Crippen LogP) is 4.75. The van der Waals surface area contributed by atoms with E-state index in [2.05, 4.69) is 21.2 Å².